The number of esters is 1. The maximum Gasteiger partial charge on any atom is 0.343 e. The first-order valence-electron chi connectivity index (χ1n) is 9.65. The summed E-state index contributed by atoms with van der Waals surface area (Å²) in [6.45, 7) is 1.89. The minimum atomic E-state index is -3.64. The van der Waals surface area contributed by atoms with Crippen molar-refractivity contribution in [2.75, 3.05) is 18.7 Å². The van der Waals surface area contributed by atoms with E-state index in [-0.39, 0.29) is 27.2 Å². The van der Waals surface area contributed by atoms with Gasteiger partial charge < -0.3 is 9.47 Å². The summed E-state index contributed by atoms with van der Waals surface area (Å²) >= 11 is 6.96. The van der Waals surface area contributed by atoms with Gasteiger partial charge >= 0.3 is 5.97 Å². The van der Waals surface area contributed by atoms with E-state index in [9.17, 15) is 23.3 Å². The number of nitrogens with zero attached hydrogens (tertiary/aromatic N) is 3. The van der Waals surface area contributed by atoms with Gasteiger partial charge in [0.2, 0.25) is 15.0 Å². The van der Waals surface area contributed by atoms with Crippen LogP contribution in [0.3, 0.4) is 0 Å². The van der Waals surface area contributed by atoms with Gasteiger partial charge in [-0.15, -0.1) is 0 Å². The molecule has 0 aliphatic heterocycles. The van der Waals surface area contributed by atoms with Crippen LogP contribution in [0.4, 0.5) is 5.13 Å². The Morgan fingerprint density at radius 2 is 1.91 bits per heavy atom. The van der Waals surface area contributed by atoms with Crippen molar-refractivity contribution in [2.24, 2.45) is 0 Å². The normalized spacial score (nSPS) is 11.5. The Morgan fingerprint density at radius 3 is 2.49 bits per heavy atom. The lowest BCUT2D eigenvalue weighted by molar-refractivity contribution is -0.112. The van der Waals surface area contributed by atoms with Gasteiger partial charge in [-0.3, -0.25) is 10.1 Å². The summed E-state index contributed by atoms with van der Waals surface area (Å²) in [7, 11) is -2.30. The van der Waals surface area contributed by atoms with Crippen LogP contribution in [0.25, 0.3) is 6.08 Å². The van der Waals surface area contributed by atoms with Gasteiger partial charge in [0.05, 0.1) is 17.7 Å². The number of ether oxygens (including phenoxy) is 2. The Bertz CT molecular complexity index is 1470. The highest BCUT2D eigenvalue weighted by Gasteiger charge is 2.20. The molecule has 35 heavy (non-hydrogen) atoms. The third kappa shape index (κ3) is 6.42. The SMILES string of the molecule is COc1cc(/C=C(/C#N)C(=O)Nc2nc(S(C)(=O)=O)ns2)cc(Cl)c1OC(=O)c1ccc(C)cc1. The van der Waals surface area contributed by atoms with E-state index in [0.29, 0.717) is 22.7 Å². The second-order valence-electron chi connectivity index (χ2n) is 7.07. The number of sulfone groups is 1. The average molecular weight is 533 g/mol. The van der Waals surface area contributed by atoms with E-state index in [0.717, 1.165) is 11.8 Å². The number of rotatable bonds is 7. The molecule has 1 N–H and O–H groups in total. The summed E-state index contributed by atoms with van der Waals surface area (Å²) < 4.78 is 37.3. The Hall–Kier alpha value is -3.79. The lowest BCUT2D eigenvalue weighted by Gasteiger charge is -2.12. The fraction of sp³-hybridized carbons (Fsp3) is 0.136. The predicted octanol–water partition coefficient (Wildman–Crippen LogP) is 3.68. The van der Waals surface area contributed by atoms with Crippen molar-refractivity contribution >= 4 is 56.1 Å². The fourth-order valence-electron chi connectivity index (χ4n) is 2.65. The van der Waals surface area contributed by atoms with Gasteiger partial charge in [-0.1, -0.05) is 29.3 Å². The van der Waals surface area contributed by atoms with Crippen LogP contribution in [-0.2, 0) is 14.6 Å². The van der Waals surface area contributed by atoms with Gasteiger partial charge in [0.15, 0.2) is 11.5 Å². The molecule has 180 valence electrons. The van der Waals surface area contributed by atoms with E-state index >= 15 is 0 Å². The van der Waals surface area contributed by atoms with E-state index < -0.39 is 26.9 Å². The molecule has 0 saturated heterocycles. The van der Waals surface area contributed by atoms with Crippen molar-refractivity contribution in [3.05, 3.63) is 63.7 Å². The quantitative estimate of drug-likeness (QED) is 0.208. The highest BCUT2D eigenvalue weighted by molar-refractivity contribution is 7.90. The summed E-state index contributed by atoms with van der Waals surface area (Å²) in [5, 5.41) is 11.2. The van der Waals surface area contributed by atoms with Crippen LogP contribution in [0.5, 0.6) is 11.5 Å². The topological polar surface area (TPSA) is 148 Å². The van der Waals surface area contributed by atoms with Gasteiger partial charge in [0.1, 0.15) is 11.6 Å². The fourth-order valence-corrected chi connectivity index (χ4v) is 4.35. The zero-order chi connectivity index (χ0) is 25.8. The molecule has 0 bridgehead atoms. The first-order chi connectivity index (χ1) is 16.5. The molecule has 3 rings (SSSR count). The van der Waals surface area contributed by atoms with Gasteiger partial charge in [-0.25, -0.2) is 13.2 Å². The number of benzene rings is 2. The molecule has 3 aromatic rings. The molecule has 2 aromatic carbocycles. The lowest BCUT2D eigenvalue weighted by Crippen LogP contribution is -2.13. The molecular weight excluding hydrogens is 516 g/mol. The first kappa shape index (κ1) is 25.8. The molecule has 1 heterocycles. The molecule has 0 aliphatic carbocycles. The largest absolute Gasteiger partial charge is 0.493 e. The van der Waals surface area contributed by atoms with Crippen molar-refractivity contribution in [3.63, 3.8) is 0 Å². The number of halogens is 1. The molecule has 10 nitrogen and oxygen atoms in total. The zero-order valence-corrected chi connectivity index (χ0v) is 20.9. The molecule has 0 aliphatic rings. The molecular formula is C22H17ClN4O6S2. The third-order valence-corrected chi connectivity index (χ3v) is 6.24. The highest BCUT2D eigenvalue weighted by Crippen LogP contribution is 2.37. The standard InChI is InChI=1S/C22H17ClN4O6S2/c1-12-4-6-14(7-5-12)20(29)33-18-16(23)9-13(10-17(18)32-2)8-15(11-24)19(28)25-21-26-22(27-34-21)35(3,30)31/h4-10H,1-3H3,(H,25,26,27,28)/b15-8-. The summed E-state index contributed by atoms with van der Waals surface area (Å²) in [5.74, 6) is -1.41. The summed E-state index contributed by atoms with van der Waals surface area (Å²) in [6, 6.07) is 11.3. The number of nitrogens with one attached hydrogen (secondary N) is 1. The van der Waals surface area contributed by atoms with Crippen molar-refractivity contribution in [2.45, 2.75) is 12.1 Å². The van der Waals surface area contributed by atoms with Crippen LogP contribution in [0.15, 0.2) is 47.1 Å². The van der Waals surface area contributed by atoms with Gasteiger partial charge in [-0.2, -0.15) is 14.6 Å². The minimum absolute atomic E-state index is 0.00989. The maximum atomic E-state index is 12.5. The molecule has 0 saturated carbocycles. The monoisotopic (exact) mass is 532 g/mol. The second-order valence-corrected chi connectivity index (χ2v) is 10.1. The van der Waals surface area contributed by atoms with Crippen LogP contribution in [0.2, 0.25) is 5.02 Å². The van der Waals surface area contributed by atoms with Crippen molar-refractivity contribution in [1.29, 1.82) is 5.26 Å². The Kier molecular flexibility index (Phi) is 7.85. The van der Waals surface area contributed by atoms with E-state index in [1.807, 2.05) is 6.92 Å². The molecule has 0 atom stereocenters. The number of amides is 1. The lowest BCUT2D eigenvalue weighted by atomic mass is 10.1. The molecule has 0 unspecified atom stereocenters. The van der Waals surface area contributed by atoms with E-state index in [1.54, 1.807) is 30.3 Å². The molecule has 13 heteroatoms. The van der Waals surface area contributed by atoms with Crippen LogP contribution in [-0.4, -0.2) is 43.0 Å². The maximum absolute atomic E-state index is 12.5. The number of hydrogen-bond acceptors (Lipinski definition) is 10. The molecule has 1 amide bonds. The molecule has 0 spiro atoms. The minimum Gasteiger partial charge on any atom is -0.493 e. The van der Waals surface area contributed by atoms with Crippen molar-refractivity contribution in [1.82, 2.24) is 9.36 Å². The summed E-state index contributed by atoms with van der Waals surface area (Å²) in [5.41, 5.74) is 1.27. The number of aromatic nitrogens is 2. The summed E-state index contributed by atoms with van der Waals surface area (Å²) in [6.07, 6.45) is 2.16. The summed E-state index contributed by atoms with van der Waals surface area (Å²) in [4.78, 5) is 28.7. The Morgan fingerprint density at radius 1 is 1.23 bits per heavy atom. The van der Waals surface area contributed by atoms with E-state index in [2.05, 4.69) is 14.7 Å². The van der Waals surface area contributed by atoms with Crippen LogP contribution < -0.4 is 14.8 Å². The highest BCUT2D eigenvalue weighted by atomic mass is 35.5. The number of aryl methyl sites for hydroxylation is 1. The number of carbonyl (C=O) groups is 2. The average Bonchev–Trinajstić information content (AvgIpc) is 3.28. The molecule has 0 fully saturated rings. The zero-order valence-electron chi connectivity index (χ0n) is 18.5. The van der Waals surface area contributed by atoms with Gasteiger partial charge in [-0.05, 0) is 42.8 Å². The molecule has 1 aromatic heterocycles. The van der Waals surface area contributed by atoms with Crippen LogP contribution >= 0.6 is 23.1 Å². The first-order valence-corrected chi connectivity index (χ1v) is 12.7. The van der Waals surface area contributed by atoms with E-state index in [4.69, 9.17) is 21.1 Å². The van der Waals surface area contributed by atoms with Crippen LogP contribution in [0.1, 0.15) is 21.5 Å². The Labute approximate surface area is 209 Å². The second kappa shape index (κ2) is 10.6. The number of nitriles is 1. The van der Waals surface area contributed by atoms with Gasteiger partial charge in [0.25, 0.3) is 11.1 Å². The van der Waals surface area contributed by atoms with Gasteiger partial charge in [0, 0.05) is 17.8 Å². The third-order valence-electron chi connectivity index (χ3n) is 4.37. The molecule has 0 radical (unpaired) electrons. The van der Waals surface area contributed by atoms with Crippen molar-refractivity contribution < 1.29 is 27.5 Å². The van der Waals surface area contributed by atoms with E-state index in [1.165, 1.54) is 25.3 Å². The number of hydrogen-bond donors (Lipinski definition) is 1. The number of carbonyl (C=O) groups excluding carboxylic acids is 2. The van der Waals surface area contributed by atoms with Crippen LogP contribution in [0, 0.1) is 18.3 Å². The number of anilines is 1. The van der Waals surface area contributed by atoms with Crippen molar-refractivity contribution in [3.8, 4) is 17.6 Å². The smallest absolute Gasteiger partial charge is 0.343 e. The Balaban J connectivity index is 1.84. The number of methoxy groups -OCH3 is 1. The predicted molar refractivity (Wildman–Crippen MR) is 129 cm³/mol.